The first-order chi connectivity index (χ1) is 9.22. The Kier molecular flexibility index (Phi) is 5.10. The van der Waals surface area contributed by atoms with Gasteiger partial charge in [0, 0.05) is 5.92 Å². The molecular formula is C15H20O4. The number of benzene rings is 1. The van der Waals surface area contributed by atoms with E-state index in [-0.39, 0.29) is 12.5 Å². The maximum atomic E-state index is 10.0. The summed E-state index contributed by atoms with van der Waals surface area (Å²) in [6, 6.07) is 9.79. The number of rotatable bonds is 6. The fourth-order valence-corrected chi connectivity index (χ4v) is 2.26. The number of aliphatic hydroxyl groups excluding tert-OH is 2. The van der Waals surface area contributed by atoms with Crippen LogP contribution in [0.25, 0.3) is 0 Å². The van der Waals surface area contributed by atoms with Crippen LogP contribution < -0.4 is 0 Å². The largest absolute Gasteiger partial charge is 0.390 e. The van der Waals surface area contributed by atoms with Crippen LogP contribution in [0.15, 0.2) is 43.0 Å². The number of hydrogen-bond donors (Lipinski definition) is 2. The Balaban J connectivity index is 1.79. The molecule has 1 aromatic carbocycles. The monoisotopic (exact) mass is 264 g/mol. The van der Waals surface area contributed by atoms with Crippen molar-refractivity contribution in [2.45, 2.75) is 31.5 Å². The van der Waals surface area contributed by atoms with E-state index in [1.807, 2.05) is 30.3 Å². The SMILES string of the molecule is C=CC[C@H]1[C@H](O)[C@@H](COCc2ccccc2)O[C@H]1O. The van der Waals surface area contributed by atoms with Gasteiger partial charge in [-0.1, -0.05) is 36.4 Å². The number of hydrogen-bond acceptors (Lipinski definition) is 4. The molecule has 2 N–H and O–H groups in total. The lowest BCUT2D eigenvalue weighted by Gasteiger charge is -2.16. The summed E-state index contributed by atoms with van der Waals surface area (Å²) in [6.07, 6.45) is 0.0522. The molecule has 19 heavy (non-hydrogen) atoms. The lowest BCUT2D eigenvalue weighted by Crippen LogP contribution is -2.30. The van der Waals surface area contributed by atoms with E-state index in [0.29, 0.717) is 13.0 Å². The molecule has 1 fully saturated rings. The summed E-state index contributed by atoms with van der Waals surface area (Å²) in [4.78, 5) is 0. The Labute approximate surface area is 113 Å². The summed E-state index contributed by atoms with van der Waals surface area (Å²) < 4.78 is 10.8. The molecule has 104 valence electrons. The van der Waals surface area contributed by atoms with E-state index in [4.69, 9.17) is 9.47 Å². The Morgan fingerprint density at radius 2 is 2.00 bits per heavy atom. The third-order valence-electron chi connectivity index (χ3n) is 3.33. The van der Waals surface area contributed by atoms with Gasteiger partial charge in [-0.05, 0) is 12.0 Å². The Morgan fingerprint density at radius 1 is 1.26 bits per heavy atom. The summed E-state index contributed by atoms with van der Waals surface area (Å²) >= 11 is 0. The predicted octanol–water partition coefficient (Wildman–Crippen LogP) is 1.47. The Hall–Kier alpha value is -1.20. The van der Waals surface area contributed by atoms with E-state index in [0.717, 1.165) is 5.56 Å². The van der Waals surface area contributed by atoms with Crippen molar-refractivity contribution in [2.24, 2.45) is 5.92 Å². The van der Waals surface area contributed by atoms with E-state index < -0.39 is 18.5 Å². The third-order valence-corrected chi connectivity index (χ3v) is 3.33. The Bertz CT molecular complexity index is 392. The molecule has 1 heterocycles. The number of aliphatic hydroxyl groups is 2. The molecule has 1 aliphatic heterocycles. The lowest BCUT2D eigenvalue weighted by molar-refractivity contribution is -0.125. The van der Waals surface area contributed by atoms with E-state index in [9.17, 15) is 10.2 Å². The molecule has 1 aliphatic rings. The first-order valence-corrected chi connectivity index (χ1v) is 6.46. The highest BCUT2D eigenvalue weighted by atomic mass is 16.6. The van der Waals surface area contributed by atoms with Crippen LogP contribution in [0.4, 0.5) is 0 Å². The van der Waals surface area contributed by atoms with E-state index in [1.54, 1.807) is 6.08 Å². The number of allylic oxidation sites excluding steroid dienone is 1. The van der Waals surface area contributed by atoms with E-state index >= 15 is 0 Å². The van der Waals surface area contributed by atoms with Crippen LogP contribution in [0, 0.1) is 5.92 Å². The van der Waals surface area contributed by atoms with Crippen molar-refractivity contribution in [3.63, 3.8) is 0 Å². The minimum absolute atomic E-state index is 0.265. The highest BCUT2D eigenvalue weighted by Crippen LogP contribution is 2.28. The van der Waals surface area contributed by atoms with Crippen LogP contribution in [0.3, 0.4) is 0 Å². The van der Waals surface area contributed by atoms with Gasteiger partial charge in [0.25, 0.3) is 0 Å². The molecule has 4 heteroatoms. The second-order valence-electron chi connectivity index (χ2n) is 4.74. The van der Waals surface area contributed by atoms with Crippen molar-refractivity contribution in [1.82, 2.24) is 0 Å². The molecule has 0 unspecified atom stereocenters. The normalized spacial score (nSPS) is 30.4. The van der Waals surface area contributed by atoms with Gasteiger partial charge < -0.3 is 19.7 Å². The van der Waals surface area contributed by atoms with Crippen molar-refractivity contribution < 1.29 is 19.7 Å². The third kappa shape index (κ3) is 3.64. The van der Waals surface area contributed by atoms with Crippen LogP contribution >= 0.6 is 0 Å². The lowest BCUT2D eigenvalue weighted by atomic mass is 9.97. The molecule has 1 aromatic rings. The van der Waals surface area contributed by atoms with Gasteiger partial charge in [0.15, 0.2) is 6.29 Å². The van der Waals surface area contributed by atoms with Crippen molar-refractivity contribution in [2.75, 3.05) is 6.61 Å². The topological polar surface area (TPSA) is 58.9 Å². The summed E-state index contributed by atoms with van der Waals surface area (Å²) in [6.45, 7) is 4.34. The smallest absolute Gasteiger partial charge is 0.160 e. The molecule has 0 radical (unpaired) electrons. The molecule has 4 atom stereocenters. The molecule has 0 amide bonds. The second kappa shape index (κ2) is 6.82. The summed E-state index contributed by atoms with van der Waals surface area (Å²) in [5.74, 6) is -0.317. The van der Waals surface area contributed by atoms with Gasteiger partial charge in [0.05, 0.1) is 19.3 Å². The van der Waals surface area contributed by atoms with Crippen LogP contribution in [0.1, 0.15) is 12.0 Å². The maximum Gasteiger partial charge on any atom is 0.160 e. The zero-order valence-electron chi connectivity index (χ0n) is 10.8. The minimum atomic E-state index is -0.946. The van der Waals surface area contributed by atoms with Crippen LogP contribution in [-0.4, -0.2) is 35.3 Å². The summed E-state index contributed by atoms with van der Waals surface area (Å²) in [5, 5.41) is 19.7. The fourth-order valence-electron chi connectivity index (χ4n) is 2.26. The first-order valence-electron chi connectivity index (χ1n) is 6.46. The van der Waals surface area contributed by atoms with Gasteiger partial charge in [-0.15, -0.1) is 6.58 Å². The summed E-state index contributed by atoms with van der Waals surface area (Å²) in [5.41, 5.74) is 1.07. The van der Waals surface area contributed by atoms with Gasteiger partial charge in [0.1, 0.15) is 6.10 Å². The zero-order valence-corrected chi connectivity index (χ0v) is 10.8. The van der Waals surface area contributed by atoms with Crippen LogP contribution in [-0.2, 0) is 16.1 Å². The van der Waals surface area contributed by atoms with E-state index in [2.05, 4.69) is 6.58 Å². The standard InChI is InChI=1S/C15H20O4/c1-2-6-12-14(16)13(19-15(12)17)10-18-9-11-7-4-3-5-8-11/h2-5,7-8,12-17H,1,6,9-10H2/t12-,13+,14-,15+/m0/s1. The highest BCUT2D eigenvalue weighted by molar-refractivity contribution is 5.13. The highest BCUT2D eigenvalue weighted by Gasteiger charge is 2.41. The average molecular weight is 264 g/mol. The molecule has 0 aromatic heterocycles. The van der Waals surface area contributed by atoms with Crippen LogP contribution in [0.2, 0.25) is 0 Å². The number of ether oxygens (including phenoxy) is 2. The predicted molar refractivity (Wildman–Crippen MR) is 71.3 cm³/mol. The molecule has 0 spiro atoms. The van der Waals surface area contributed by atoms with Gasteiger partial charge >= 0.3 is 0 Å². The first kappa shape index (κ1) is 14.2. The van der Waals surface area contributed by atoms with Gasteiger partial charge in [-0.25, -0.2) is 0 Å². The molecular weight excluding hydrogens is 244 g/mol. The van der Waals surface area contributed by atoms with Crippen molar-refractivity contribution in [3.05, 3.63) is 48.6 Å². The molecule has 0 saturated carbocycles. The van der Waals surface area contributed by atoms with Crippen molar-refractivity contribution >= 4 is 0 Å². The molecule has 2 rings (SSSR count). The van der Waals surface area contributed by atoms with Gasteiger partial charge in [-0.2, -0.15) is 0 Å². The van der Waals surface area contributed by atoms with Gasteiger partial charge in [-0.3, -0.25) is 0 Å². The van der Waals surface area contributed by atoms with Crippen molar-refractivity contribution in [3.8, 4) is 0 Å². The quantitative estimate of drug-likeness (QED) is 0.764. The molecule has 4 nitrogen and oxygen atoms in total. The van der Waals surface area contributed by atoms with Crippen molar-refractivity contribution in [1.29, 1.82) is 0 Å². The average Bonchev–Trinajstić information content (AvgIpc) is 2.68. The van der Waals surface area contributed by atoms with Gasteiger partial charge in [0.2, 0.25) is 0 Å². The van der Waals surface area contributed by atoms with Crippen LogP contribution in [0.5, 0.6) is 0 Å². The summed E-state index contributed by atoms with van der Waals surface area (Å²) in [7, 11) is 0. The Morgan fingerprint density at radius 3 is 2.68 bits per heavy atom. The van der Waals surface area contributed by atoms with E-state index in [1.165, 1.54) is 0 Å². The fraction of sp³-hybridized carbons (Fsp3) is 0.467. The molecule has 0 aliphatic carbocycles. The minimum Gasteiger partial charge on any atom is -0.390 e. The maximum absolute atomic E-state index is 10.0. The second-order valence-corrected chi connectivity index (χ2v) is 4.74. The molecule has 1 saturated heterocycles. The molecule has 0 bridgehead atoms. The zero-order chi connectivity index (χ0) is 13.7.